The van der Waals surface area contributed by atoms with Gasteiger partial charge in [0.05, 0.1) is 10.5 Å². The number of fused-ring (bicyclic) bond motifs is 1. The third-order valence-electron chi connectivity index (χ3n) is 6.09. The molecule has 2 aliphatic heterocycles. The van der Waals surface area contributed by atoms with E-state index in [0.29, 0.717) is 5.57 Å². The summed E-state index contributed by atoms with van der Waals surface area (Å²) in [7, 11) is 0. The maximum absolute atomic E-state index is 12.5. The van der Waals surface area contributed by atoms with Crippen LogP contribution in [0, 0.1) is 0 Å². The summed E-state index contributed by atoms with van der Waals surface area (Å²) in [6, 6.07) is 4.02. The third-order valence-corrected chi connectivity index (χ3v) is 6.96. The van der Waals surface area contributed by atoms with E-state index in [9.17, 15) is 4.79 Å². The Kier molecular flexibility index (Phi) is 4.91. The number of H-pyrrole nitrogens is 1. The summed E-state index contributed by atoms with van der Waals surface area (Å²) < 4.78 is 0. The molecule has 2 N–H and O–H groups in total. The average Bonchev–Trinajstić information content (AvgIpc) is 3.44. The van der Waals surface area contributed by atoms with Crippen molar-refractivity contribution in [3.8, 4) is 0 Å². The minimum atomic E-state index is -0.111. The Bertz CT molecular complexity index is 932. The molecule has 3 aliphatic rings. The first-order chi connectivity index (χ1) is 13.8. The SMILES string of the molecule is O=C1NN=C(c2cccs2)/C1=C\c1[nH]c2c(c1CN1CCCCC1)CCCC2. The highest BCUT2D eigenvalue weighted by atomic mass is 32.1. The number of aromatic amines is 1. The normalized spacial score (nSPS) is 21.6. The molecule has 5 rings (SSSR count). The number of carbonyl (C=O) groups is 1. The van der Waals surface area contributed by atoms with Crippen molar-refractivity contribution >= 4 is 29.0 Å². The fourth-order valence-corrected chi connectivity index (χ4v) is 5.36. The van der Waals surface area contributed by atoms with Gasteiger partial charge in [0, 0.05) is 17.9 Å². The number of hydrogen-bond acceptors (Lipinski definition) is 4. The first kappa shape index (κ1) is 17.9. The lowest BCUT2D eigenvalue weighted by molar-refractivity contribution is -0.116. The Labute approximate surface area is 169 Å². The van der Waals surface area contributed by atoms with E-state index in [1.54, 1.807) is 11.3 Å². The van der Waals surface area contributed by atoms with Crippen molar-refractivity contribution in [3.05, 3.63) is 50.5 Å². The van der Waals surface area contributed by atoms with Crippen LogP contribution in [0.2, 0.25) is 0 Å². The van der Waals surface area contributed by atoms with Crippen LogP contribution in [-0.2, 0) is 24.2 Å². The van der Waals surface area contributed by atoms with Crippen molar-refractivity contribution in [2.75, 3.05) is 13.1 Å². The van der Waals surface area contributed by atoms with E-state index in [0.717, 1.165) is 35.7 Å². The number of rotatable bonds is 4. The second kappa shape index (κ2) is 7.68. The maximum atomic E-state index is 12.5. The molecule has 146 valence electrons. The molecule has 28 heavy (non-hydrogen) atoms. The summed E-state index contributed by atoms with van der Waals surface area (Å²) in [5.41, 5.74) is 9.46. The zero-order valence-corrected chi connectivity index (χ0v) is 16.9. The van der Waals surface area contributed by atoms with E-state index >= 15 is 0 Å². The molecule has 1 amide bonds. The molecular weight excluding hydrogens is 368 g/mol. The Hall–Kier alpha value is -2.18. The minimum absolute atomic E-state index is 0.111. The van der Waals surface area contributed by atoms with Crippen LogP contribution < -0.4 is 5.43 Å². The number of aryl methyl sites for hydroxylation is 1. The van der Waals surface area contributed by atoms with Crippen molar-refractivity contribution in [1.29, 1.82) is 0 Å². The highest BCUT2D eigenvalue weighted by Gasteiger charge is 2.27. The molecule has 0 spiro atoms. The molecule has 1 saturated heterocycles. The fraction of sp³-hybridized carbons (Fsp3) is 0.455. The van der Waals surface area contributed by atoms with Gasteiger partial charge in [0.25, 0.3) is 5.91 Å². The first-order valence-electron chi connectivity index (χ1n) is 10.4. The van der Waals surface area contributed by atoms with Crippen LogP contribution in [0.3, 0.4) is 0 Å². The molecule has 1 fully saturated rings. The number of nitrogens with one attached hydrogen (secondary N) is 2. The summed E-state index contributed by atoms with van der Waals surface area (Å²) in [5.74, 6) is -0.111. The van der Waals surface area contributed by atoms with E-state index in [-0.39, 0.29) is 5.91 Å². The second-order valence-corrected chi connectivity index (χ2v) is 8.90. The van der Waals surface area contributed by atoms with Crippen molar-refractivity contribution in [3.63, 3.8) is 0 Å². The second-order valence-electron chi connectivity index (χ2n) is 7.95. The van der Waals surface area contributed by atoms with E-state index in [1.807, 2.05) is 23.6 Å². The van der Waals surface area contributed by atoms with Crippen molar-refractivity contribution in [1.82, 2.24) is 15.3 Å². The lowest BCUT2D eigenvalue weighted by atomic mass is 9.93. The molecule has 0 aromatic carbocycles. The topological polar surface area (TPSA) is 60.5 Å². The molecule has 0 bridgehead atoms. The largest absolute Gasteiger partial charge is 0.358 e. The van der Waals surface area contributed by atoms with Crippen LogP contribution in [0.25, 0.3) is 6.08 Å². The molecule has 0 unspecified atom stereocenters. The van der Waals surface area contributed by atoms with Gasteiger partial charge in [-0.2, -0.15) is 5.10 Å². The first-order valence-corrected chi connectivity index (χ1v) is 11.3. The van der Waals surface area contributed by atoms with Gasteiger partial charge in [-0.3, -0.25) is 9.69 Å². The molecule has 4 heterocycles. The van der Waals surface area contributed by atoms with Gasteiger partial charge in [0.2, 0.25) is 0 Å². The Morgan fingerprint density at radius 2 is 2.00 bits per heavy atom. The smallest absolute Gasteiger partial charge is 0.273 e. The zero-order chi connectivity index (χ0) is 18.9. The number of aromatic nitrogens is 1. The standard InChI is InChI=1S/C22H26N4OS/c27-22-16(21(24-25-22)20-9-6-12-28-20)13-19-17(14-26-10-4-1-5-11-26)15-7-2-3-8-18(15)23-19/h6,9,12-13,23H,1-5,7-8,10-11,14H2,(H,25,27)/b16-13+. The highest BCUT2D eigenvalue weighted by molar-refractivity contribution is 7.12. The van der Waals surface area contributed by atoms with Gasteiger partial charge in [0.1, 0.15) is 5.71 Å². The number of nitrogens with zero attached hydrogens (tertiary/aromatic N) is 2. The Balaban J connectivity index is 1.53. The number of likely N-dealkylation sites (tertiary alicyclic amines) is 1. The molecule has 2 aromatic heterocycles. The van der Waals surface area contributed by atoms with Gasteiger partial charge in [-0.1, -0.05) is 12.5 Å². The van der Waals surface area contributed by atoms with Gasteiger partial charge >= 0.3 is 0 Å². The van der Waals surface area contributed by atoms with Crippen LogP contribution in [-0.4, -0.2) is 34.6 Å². The molecule has 6 heteroatoms. The lowest BCUT2D eigenvalue weighted by Crippen LogP contribution is -2.29. The monoisotopic (exact) mass is 394 g/mol. The van der Waals surface area contributed by atoms with Crippen molar-refractivity contribution in [2.45, 2.75) is 51.5 Å². The summed E-state index contributed by atoms with van der Waals surface area (Å²) in [6.07, 6.45) is 10.7. The van der Waals surface area contributed by atoms with Gasteiger partial charge in [-0.25, -0.2) is 5.43 Å². The minimum Gasteiger partial charge on any atom is -0.358 e. The van der Waals surface area contributed by atoms with Crippen molar-refractivity contribution in [2.24, 2.45) is 5.10 Å². The van der Waals surface area contributed by atoms with Crippen molar-refractivity contribution < 1.29 is 4.79 Å². The quantitative estimate of drug-likeness (QED) is 0.774. The lowest BCUT2D eigenvalue weighted by Gasteiger charge is -2.27. The van der Waals surface area contributed by atoms with Crippen LogP contribution in [0.1, 0.15) is 59.5 Å². The van der Waals surface area contributed by atoms with Crippen LogP contribution in [0.15, 0.2) is 28.2 Å². The average molecular weight is 395 g/mol. The van der Waals surface area contributed by atoms with Crippen LogP contribution in [0.4, 0.5) is 0 Å². The van der Waals surface area contributed by atoms with Gasteiger partial charge in [-0.05, 0) is 80.3 Å². The summed E-state index contributed by atoms with van der Waals surface area (Å²) in [4.78, 5) is 19.8. The summed E-state index contributed by atoms with van der Waals surface area (Å²) in [6.45, 7) is 3.34. The van der Waals surface area contributed by atoms with Gasteiger partial charge in [0.15, 0.2) is 0 Å². The summed E-state index contributed by atoms with van der Waals surface area (Å²) in [5, 5.41) is 6.32. The molecule has 0 saturated carbocycles. The predicted octanol–water partition coefficient (Wildman–Crippen LogP) is 3.86. The number of piperidine rings is 1. The molecule has 0 atom stereocenters. The van der Waals surface area contributed by atoms with E-state index in [4.69, 9.17) is 0 Å². The molecule has 0 radical (unpaired) electrons. The number of thiophene rings is 1. The maximum Gasteiger partial charge on any atom is 0.273 e. The molecule has 2 aromatic rings. The predicted molar refractivity (Wildman–Crippen MR) is 114 cm³/mol. The van der Waals surface area contributed by atoms with E-state index < -0.39 is 0 Å². The fourth-order valence-electron chi connectivity index (χ4n) is 4.64. The Morgan fingerprint density at radius 1 is 1.14 bits per heavy atom. The van der Waals surface area contributed by atoms with E-state index in [2.05, 4.69) is 20.4 Å². The van der Waals surface area contributed by atoms with Crippen LogP contribution >= 0.6 is 11.3 Å². The summed E-state index contributed by atoms with van der Waals surface area (Å²) >= 11 is 1.61. The van der Waals surface area contributed by atoms with Crippen LogP contribution in [0.5, 0.6) is 0 Å². The number of amides is 1. The molecular formula is C22H26N4OS. The third kappa shape index (κ3) is 3.35. The molecule has 5 nitrogen and oxygen atoms in total. The number of carbonyl (C=O) groups excluding carboxylic acids is 1. The zero-order valence-electron chi connectivity index (χ0n) is 16.1. The number of hydrazone groups is 1. The number of hydrogen-bond donors (Lipinski definition) is 2. The van der Waals surface area contributed by atoms with Gasteiger partial charge in [-0.15, -0.1) is 11.3 Å². The molecule has 1 aliphatic carbocycles. The van der Waals surface area contributed by atoms with E-state index in [1.165, 1.54) is 62.0 Å². The Morgan fingerprint density at radius 3 is 2.82 bits per heavy atom. The highest BCUT2D eigenvalue weighted by Crippen LogP contribution is 2.31. The van der Waals surface area contributed by atoms with Gasteiger partial charge < -0.3 is 4.98 Å².